The topological polar surface area (TPSA) is 0 Å². The van der Waals surface area contributed by atoms with E-state index in [1.54, 1.807) is 0 Å². The van der Waals surface area contributed by atoms with Gasteiger partial charge in [0.05, 0.1) is 0 Å². The molecule has 0 aliphatic heterocycles. The van der Waals surface area contributed by atoms with E-state index in [0.717, 1.165) is 0 Å². The molecule has 0 amide bonds. The zero-order valence-electron chi connectivity index (χ0n) is 7.40. The summed E-state index contributed by atoms with van der Waals surface area (Å²) in [6.45, 7) is 4.25. The largest absolute Gasteiger partial charge is 0.0937 e. The standard InChI is InChI=1S/C10H13PS/c1-11(2,12)9-8-10-6-4-3-5-7-10/h3-9H,1-2H3. The van der Waals surface area contributed by atoms with Crippen molar-refractivity contribution in [3.05, 3.63) is 41.7 Å². The second-order valence-electron chi connectivity index (χ2n) is 3.16. The smallest absolute Gasteiger partial charge is 0.0256 e. The van der Waals surface area contributed by atoms with Crippen LogP contribution in [0.1, 0.15) is 5.56 Å². The third-order valence-corrected chi connectivity index (χ3v) is 2.66. The first-order chi connectivity index (χ1) is 5.58. The molecule has 1 aromatic carbocycles. The van der Waals surface area contributed by atoms with Crippen molar-refractivity contribution in [2.45, 2.75) is 0 Å². The van der Waals surface area contributed by atoms with Crippen molar-refractivity contribution in [2.75, 3.05) is 13.3 Å². The molecule has 0 aliphatic carbocycles. The Morgan fingerprint density at radius 2 is 1.75 bits per heavy atom. The molecular weight excluding hydrogens is 183 g/mol. The molecule has 0 aromatic heterocycles. The van der Waals surface area contributed by atoms with Gasteiger partial charge >= 0.3 is 0 Å². The number of benzene rings is 1. The Morgan fingerprint density at radius 3 is 2.25 bits per heavy atom. The summed E-state index contributed by atoms with van der Waals surface area (Å²) in [5.41, 5.74) is 1.23. The van der Waals surface area contributed by atoms with E-state index in [1.165, 1.54) is 5.56 Å². The second kappa shape index (κ2) is 4.02. The summed E-state index contributed by atoms with van der Waals surface area (Å²) in [4.78, 5) is 0. The van der Waals surface area contributed by atoms with E-state index in [0.29, 0.717) is 0 Å². The molecular formula is C10H13PS. The molecule has 0 saturated carbocycles. The number of rotatable bonds is 2. The van der Waals surface area contributed by atoms with E-state index >= 15 is 0 Å². The monoisotopic (exact) mass is 196 g/mol. The predicted octanol–water partition coefficient (Wildman–Crippen LogP) is 3.40. The fourth-order valence-corrected chi connectivity index (χ4v) is 1.54. The zero-order chi connectivity index (χ0) is 9.03. The van der Waals surface area contributed by atoms with E-state index in [9.17, 15) is 0 Å². The summed E-state index contributed by atoms with van der Waals surface area (Å²) in [5, 5.41) is 0. The Kier molecular flexibility index (Phi) is 3.25. The van der Waals surface area contributed by atoms with Gasteiger partial charge in [0.1, 0.15) is 0 Å². The van der Waals surface area contributed by atoms with E-state index < -0.39 is 6.04 Å². The normalized spacial score (nSPS) is 12.2. The van der Waals surface area contributed by atoms with Crippen LogP contribution in [0.5, 0.6) is 0 Å². The van der Waals surface area contributed by atoms with Gasteiger partial charge in [-0.3, -0.25) is 0 Å². The predicted molar refractivity (Wildman–Crippen MR) is 61.6 cm³/mol. The first kappa shape index (κ1) is 9.70. The lowest BCUT2D eigenvalue weighted by atomic mass is 10.2. The molecule has 0 radical (unpaired) electrons. The summed E-state index contributed by atoms with van der Waals surface area (Å²) in [6, 6.07) is 9.08. The van der Waals surface area contributed by atoms with Gasteiger partial charge in [-0.2, -0.15) is 0 Å². The summed E-state index contributed by atoms with van der Waals surface area (Å²) in [6.07, 6.45) is 2.11. The highest BCUT2D eigenvalue weighted by Gasteiger charge is 1.93. The van der Waals surface area contributed by atoms with Crippen molar-refractivity contribution in [1.82, 2.24) is 0 Å². The van der Waals surface area contributed by atoms with E-state index in [-0.39, 0.29) is 0 Å². The van der Waals surface area contributed by atoms with Crippen LogP contribution in [0.15, 0.2) is 36.1 Å². The van der Waals surface area contributed by atoms with Gasteiger partial charge in [-0.15, -0.1) is 0 Å². The molecule has 1 aromatic rings. The van der Waals surface area contributed by atoms with Crippen LogP contribution in [-0.2, 0) is 11.8 Å². The first-order valence-electron chi connectivity index (χ1n) is 3.87. The summed E-state index contributed by atoms with van der Waals surface area (Å²) in [7, 11) is 0. The minimum absolute atomic E-state index is 1.18. The molecule has 0 unspecified atom stereocenters. The van der Waals surface area contributed by atoms with Crippen molar-refractivity contribution in [2.24, 2.45) is 0 Å². The maximum Gasteiger partial charge on any atom is -0.0256 e. The molecule has 1 rings (SSSR count). The van der Waals surface area contributed by atoms with Gasteiger partial charge in [0.2, 0.25) is 0 Å². The molecule has 64 valence electrons. The Labute approximate surface area is 79.3 Å². The maximum atomic E-state index is 5.31. The maximum absolute atomic E-state index is 5.31. The molecule has 0 saturated heterocycles. The van der Waals surface area contributed by atoms with Crippen LogP contribution < -0.4 is 0 Å². The van der Waals surface area contributed by atoms with Crippen LogP contribution in [0.4, 0.5) is 0 Å². The van der Waals surface area contributed by atoms with Gasteiger partial charge in [-0.1, -0.05) is 54.0 Å². The van der Waals surface area contributed by atoms with Crippen LogP contribution in [0, 0.1) is 0 Å². The summed E-state index contributed by atoms with van der Waals surface area (Å²) in [5.74, 6) is 2.15. The Balaban J connectivity index is 2.78. The molecule has 0 atom stereocenters. The molecule has 0 N–H and O–H groups in total. The molecule has 2 heteroatoms. The highest BCUT2D eigenvalue weighted by Crippen LogP contribution is 2.38. The fourth-order valence-electron chi connectivity index (χ4n) is 0.830. The van der Waals surface area contributed by atoms with Crippen LogP contribution in [-0.4, -0.2) is 13.3 Å². The Hall–Kier alpha value is -0.390. The Morgan fingerprint density at radius 1 is 1.17 bits per heavy atom. The lowest BCUT2D eigenvalue weighted by molar-refractivity contribution is 1.66. The highest BCUT2D eigenvalue weighted by molar-refractivity contribution is 8.15. The SMILES string of the molecule is CP(C)(=S)C=Cc1ccccc1. The lowest BCUT2D eigenvalue weighted by Gasteiger charge is -2.00. The van der Waals surface area contributed by atoms with Crippen molar-refractivity contribution in [1.29, 1.82) is 0 Å². The van der Waals surface area contributed by atoms with Crippen LogP contribution in [0.3, 0.4) is 0 Å². The molecule has 0 heterocycles. The molecule has 0 fully saturated rings. The van der Waals surface area contributed by atoms with Crippen molar-refractivity contribution in [3.63, 3.8) is 0 Å². The summed E-state index contributed by atoms with van der Waals surface area (Å²) < 4.78 is 0. The minimum Gasteiger partial charge on any atom is -0.0937 e. The second-order valence-corrected chi connectivity index (χ2v) is 9.15. The quantitative estimate of drug-likeness (QED) is 0.653. The number of hydrogen-bond acceptors (Lipinski definition) is 1. The van der Waals surface area contributed by atoms with Crippen molar-refractivity contribution < 1.29 is 0 Å². The van der Waals surface area contributed by atoms with Crippen LogP contribution >= 0.6 is 6.04 Å². The third-order valence-electron chi connectivity index (χ3n) is 1.43. The van der Waals surface area contributed by atoms with Crippen LogP contribution in [0.2, 0.25) is 0 Å². The van der Waals surface area contributed by atoms with Gasteiger partial charge in [0, 0.05) is 0 Å². The van der Waals surface area contributed by atoms with Crippen molar-refractivity contribution >= 4 is 23.9 Å². The minimum atomic E-state index is -1.18. The molecule has 0 bridgehead atoms. The van der Waals surface area contributed by atoms with Gasteiger partial charge in [-0.25, -0.2) is 0 Å². The van der Waals surface area contributed by atoms with Crippen LogP contribution in [0.25, 0.3) is 6.08 Å². The molecule has 0 aliphatic rings. The third kappa shape index (κ3) is 3.85. The van der Waals surface area contributed by atoms with Gasteiger partial charge in [0.15, 0.2) is 0 Å². The van der Waals surface area contributed by atoms with E-state index in [2.05, 4.69) is 37.4 Å². The molecule has 0 spiro atoms. The lowest BCUT2D eigenvalue weighted by Crippen LogP contribution is -1.69. The zero-order valence-corrected chi connectivity index (χ0v) is 9.11. The van der Waals surface area contributed by atoms with E-state index in [1.807, 2.05) is 18.2 Å². The van der Waals surface area contributed by atoms with Gasteiger partial charge < -0.3 is 0 Å². The van der Waals surface area contributed by atoms with Gasteiger partial charge in [0.25, 0.3) is 0 Å². The van der Waals surface area contributed by atoms with Gasteiger partial charge in [-0.05, 0) is 24.9 Å². The average molecular weight is 196 g/mol. The van der Waals surface area contributed by atoms with E-state index in [4.69, 9.17) is 11.8 Å². The highest BCUT2D eigenvalue weighted by atomic mass is 32.4. The first-order valence-corrected chi connectivity index (χ1v) is 7.63. The average Bonchev–Trinajstić information content (AvgIpc) is 2.02. The Bertz CT molecular complexity index is 308. The molecule has 0 nitrogen and oxygen atoms in total. The fraction of sp³-hybridized carbons (Fsp3) is 0.200. The number of hydrogen-bond donors (Lipinski definition) is 0. The summed E-state index contributed by atoms with van der Waals surface area (Å²) >= 11 is 5.31. The molecule has 12 heavy (non-hydrogen) atoms. The van der Waals surface area contributed by atoms with Crippen molar-refractivity contribution in [3.8, 4) is 0 Å².